The molecule has 0 aromatic heterocycles. The van der Waals surface area contributed by atoms with Gasteiger partial charge in [-0.3, -0.25) is 4.79 Å². The molecule has 1 aliphatic rings. The van der Waals surface area contributed by atoms with Crippen LogP contribution in [-0.4, -0.2) is 12.7 Å². The van der Waals surface area contributed by atoms with Crippen molar-refractivity contribution < 1.29 is 14.3 Å². The molecule has 23 heavy (non-hydrogen) atoms. The highest BCUT2D eigenvalue weighted by Gasteiger charge is 2.12. The molecule has 0 spiro atoms. The number of carbonyl (C=O) groups excluding carboxylic acids is 1. The van der Waals surface area contributed by atoms with Gasteiger partial charge in [0.2, 0.25) is 12.7 Å². The molecular weight excluding hydrogens is 337 g/mol. The van der Waals surface area contributed by atoms with Crippen molar-refractivity contribution in [3.63, 3.8) is 0 Å². The Morgan fingerprint density at radius 2 is 1.91 bits per heavy atom. The number of ether oxygens (including phenoxy) is 2. The van der Waals surface area contributed by atoms with Crippen LogP contribution in [0.25, 0.3) is 6.08 Å². The minimum absolute atomic E-state index is 0.200. The highest BCUT2D eigenvalue weighted by atomic mass is 35.5. The van der Waals surface area contributed by atoms with Gasteiger partial charge in [-0.25, -0.2) is 0 Å². The van der Waals surface area contributed by atoms with E-state index < -0.39 is 0 Å². The maximum absolute atomic E-state index is 11.9. The Labute approximate surface area is 143 Å². The average molecular weight is 350 g/mol. The van der Waals surface area contributed by atoms with Gasteiger partial charge in [-0.2, -0.15) is 0 Å². The summed E-state index contributed by atoms with van der Waals surface area (Å²) in [6.45, 7) is 0.605. The lowest BCUT2D eigenvalue weighted by atomic mass is 10.2. The third kappa shape index (κ3) is 3.97. The lowest BCUT2D eigenvalue weighted by Gasteiger charge is -2.04. The van der Waals surface area contributed by atoms with E-state index in [4.69, 9.17) is 32.7 Å². The Hall–Kier alpha value is -2.17. The third-order valence-electron chi connectivity index (χ3n) is 3.27. The standard InChI is InChI=1S/C17H13Cl2NO3/c18-13-4-1-12(7-14(13)19)9-20-17(21)6-3-11-2-5-15-16(8-11)23-10-22-15/h1-8H,9-10H2,(H,20,21)/b6-3+. The largest absolute Gasteiger partial charge is 0.454 e. The van der Waals surface area contributed by atoms with E-state index in [1.54, 1.807) is 18.2 Å². The number of rotatable bonds is 4. The van der Waals surface area contributed by atoms with E-state index in [-0.39, 0.29) is 12.7 Å². The Morgan fingerprint density at radius 1 is 1.09 bits per heavy atom. The summed E-state index contributed by atoms with van der Waals surface area (Å²) in [4.78, 5) is 11.9. The molecule has 2 aromatic rings. The van der Waals surface area contributed by atoms with Crippen LogP contribution in [0.3, 0.4) is 0 Å². The van der Waals surface area contributed by atoms with Crippen LogP contribution in [0.1, 0.15) is 11.1 Å². The Morgan fingerprint density at radius 3 is 2.74 bits per heavy atom. The summed E-state index contributed by atoms with van der Waals surface area (Å²) in [5.74, 6) is 1.20. The van der Waals surface area contributed by atoms with Crippen molar-refractivity contribution in [3.8, 4) is 11.5 Å². The van der Waals surface area contributed by atoms with Gasteiger partial charge in [0.05, 0.1) is 10.0 Å². The van der Waals surface area contributed by atoms with Gasteiger partial charge in [-0.1, -0.05) is 35.3 Å². The normalized spacial score (nSPS) is 12.6. The smallest absolute Gasteiger partial charge is 0.244 e. The number of fused-ring (bicyclic) bond motifs is 1. The molecule has 0 bridgehead atoms. The second kappa shape index (κ2) is 6.94. The zero-order valence-electron chi connectivity index (χ0n) is 12.0. The molecule has 6 heteroatoms. The average Bonchev–Trinajstić information content (AvgIpc) is 3.01. The minimum Gasteiger partial charge on any atom is -0.454 e. The topological polar surface area (TPSA) is 47.6 Å². The van der Waals surface area contributed by atoms with E-state index in [9.17, 15) is 4.79 Å². The van der Waals surface area contributed by atoms with Crippen molar-refractivity contribution in [1.82, 2.24) is 5.32 Å². The van der Waals surface area contributed by atoms with E-state index in [0.29, 0.717) is 28.1 Å². The fraction of sp³-hybridized carbons (Fsp3) is 0.118. The number of carbonyl (C=O) groups is 1. The number of nitrogens with one attached hydrogen (secondary N) is 1. The SMILES string of the molecule is O=C(/C=C/c1ccc2c(c1)OCO2)NCc1ccc(Cl)c(Cl)c1. The quantitative estimate of drug-likeness (QED) is 0.847. The summed E-state index contributed by atoms with van der Waals surface area (Å²) in [6.07, 6.45) is 3.18. The molecule has 0 atom stereocenters. The fourth-order valence-corrected chi connectivity index (χ4v) is 2.41. The summed E-state index contributed by atoms with van der Waals surface area (Å²) in [5.41, 5.74) is 1.74. The van der Waals surface area contributed by atoms with Crippen molar-refractivity contribution in [1.29, 1.82) is 0 Å². The zero-order valence-corrected chi connectivity index (χ0v) is 13.5. The van der Waals surface area contributed by atoms with Crippen LogP contribution in [-0.2, 0) is 11.3 Å². The van der Waals surface area contributed by atoms with Crippen molar-refractivity contribution in [2.24, 2.45) is 0 Å². The van der Waals surface area contributed by atoms with Crippen molar-refractivity contribution in [2.45, 2.75) is 6.54 Å². The van der Waals surface area contributed by atoms with Gasteiger partial charge in [0.15, 0.2) is 11.5 Å². The van der Waals surface area contributed by atoms with Crippen LogP contribution < -0.4 is 14.8 Å². The van der Waals surface area contributed by atoms with Crippen LogP contribution in [0, 0.1) is 0 Å². The first-order chi connectivity index (χ1) is 11.1. The van der Waals surface area contributed by atoms with Crippen LogP contribution in [0.2, 0.25) is 10.0 Å². The van der Waals surface area contributed by atoms with E-state index in [0.717, 1.165) is 11.1 Å². The van der Waals surface area contributed by atoms with Crippen molar-refractivity contribution >= 4 is 35.2 Å². The minimum atomic E-state index is -0.200. The summed E-state index contributed by atoms with van der Waals surface area (Å²) >= 11 is 11.8. The van der Waals surface area contributed by atoms with Crippen LogP contribution in [0.5, 0.6) is 11.5 Å². The molecule has 0 unspecified atom stereocenters. The van der Waals surface area contributed by atoms with Gasteiger partial charge >= 0.3 is 0 Å². The number of hydrogen-bond donors (Lipinski definition) is 1. The number of halogens is 2. The van der Waals surface area contributed by atoms with Gasteiger partial charge < -0.3 is 14.8 Å². The lowest BCUT2D eigenvalue weighted by molar-refractivity contribution is -0.116. The fourth-order valence-electron chi connectivity index (χ4n) is 2.09. The summed E-state index contributed by atoms with van der Waals surface area (Å²) in [6, 6.07) is 10.7. The van der Waals surface area contributed by atoms with Gasteiger partial charge in [-0.05, 0) is 41.5 Å². The predicted octanol–water partition coefficient (Wildman–Crippen LogP) is 4.05. The molecule has 0 radical (unpaired) electrons. The lowest BCUT2D eigenvalue weighted by Crippen LogP contribution is -2.20. The second-order valence-electron chi connectivity index (χ2n) is 4.91. The highest BCUT2D eigenvalue weighted by molar-refractivity contribution is 6.42. The van der Waals surface area contributed by atoms with Gasteiger partial charge in [-0.15, -0.1) is 0 Å². The number of amides is 1. The molecule has 1 N–H and O–H groups in total. The molecule has 118 valence electrons. The predicted molar refractivity (Wildman–Crippen MR) is 89.9 cm³/mol. The Bertz CT molecular complexity index is 774. The first kappa shape index (κ1) is 15.7. The van der Waals surface area contributed by atoms with Gasteiger partial charge in [0.1, 0.15) is 0 Å². The van der Waals surface area contributed by atoms with Crippen LogP contribution >= 0.6 is 23.2 Å². The van der Waals surface area contributed by atoms with E-state index in [1.165, 1.54) is 6.08 Å². The molecule has 1 heterocycles. The molecule has 4 nitrogen and oxygen atoms in total. The summed E-state index contributed by atoms with van der Waals surface area (Å²) in [5, 5.41) is 3.74. The van der Waals surface area contributed by atoms with Crippen molar-refractivity contribution in [2.75, 3.05) is 6.79 Å². The van der Waals surface area contributed by atoms with Crippen LogP contribution in [0.4, 0.5) is 0 Å². The first-order valence-corrected chi connectivity index (χ1v) is 7.67. The number of hydrogen-bond acceptors (Lipinski definition) is 3. The maximum Gasteiger partial charge on any atom is 0.244 e. The summed E-state index contributed by atoms with van der Waals surface area (Å²) in [7, 11) is 0. The van der Waals surface area contributed by atoms with E-state index in [1.807, 2.05) is 24.3 Å². The molecule has 0 aliphatic carbocycles. The molecule has 0 saturated heterocycles. The molecule has 2 aromatic carbocycles. The van der Waals surface area contributed by atoms with E-state index in [2.05, 4.69) is 5.32 Å². The van der Waals surface area contributed by atoms with Gasteiger partial charge in [0, 0.05) is 12.6 Å². The van der Waals surface area contributed by atoms with Gasteiger partial charge in [0.25, 0.3) is 0 Å². The highest BCUT2D eigenvalue weighted by Crippen LogP contribution is 2.32. The monoisotopic (exact) mass is 349 g/mol. The van der Waals surface area contributed by atoms with E-state index >= 15 is 0 Å². The molecule has 1 amide bonds. The molecular formula is C17H13Cl2NO3. The Balaban J connectivity index is 1.57. The Kier molecular flexibility index (Phi) is 4.74. The molecule has 3 rings (SSSR count). The second-order valence-corrected chi connectivity index (χ2v) is 5.73. The van der Waals surface area contributed by atoms with Crippen LogP contribution in [0.15, 0.2) is 42.5 Å². The zero-order chi connectivity index (χ0) is 16.2. The number of benzene rings is 2. The maximum atomic E-state index is 11.9. The molecule has 0 fully saturated rings. The van der Waals surface area contributed by atoms with Crippen molar-refractivity contribution in [3.05, 3.63) is 63.6 Å². The third-order valence-corrected chi connectivity index (χ3v) is 4.01. The molecule has 0 saturated carbocycles. The molecule has 1 aliphatic heterocycles. The summed E-state index contributed by atoms with van der Waals surface area (Å²) < 4.78 is 10.5. The first-order valence-electron chi connectivity index (χ1n) is 6.91.